The molecular weight excluding hydrogens is 150 g/mol. The van der Waals surface area contributed by atoms with Crippen molar-refractivity contribution < 1.29 is 0 Å². The van der Waals surface area contributed by atoms with Crippen LogP contribution in [0.1, 0.15) is 25.7 Å². The zero-order chi connectivity index (χ0) is 8.23. The average molecular weight is 165 g/mol. The Morgan fingerprint density at radius 2 is 1.75 bits per heavy atom. The van der Waals surface area contributed by atoms with Gasteiger partial charge in [0.2, 0.25) is 0 Å². The molecule has 3 heteroatoms. The first-order valence-corrected chi connectivity index (χ1v) is 4.70. The van der Waals surface area contributed by atoms with Gasteiger partial charge in [-0.05, 0) is 12.8 Å². The number of hydrogen-bond acceptors (Lipinski definition) is 2. The molecule has 0 amide bonds. The van der Waals surface area contributed by atoms with Crippen LogP contribution in [0, 0.1) is 0 Å². The molecule has 0 N–H and O–H groups in total. The van der Waals surface area contributed by atoms with Gasteiger partial charge in [-0.3, -0.25) is 4.68 Å². The Morgan fingerprint density at radius 3 is 2.33 bits per heavy atom. The van der Waals surface area contributed by atoms with Gasteiger partial charge in [-0.25, -0.2) is 4.98 Å². The second-order valence-electron chi connectivity index (χ2n) is 3.31. The van der Waals surface area contributed by atoms with Crippen LogP contribution >= 0.6 is 0 Å². The molecule has 0 aromatic carbocycles. The molecule has 1 aliphatic heterocycles. The smallest absolute Gasteiger partial charge is 0.114 e. The van der Waals surface area contributed by atoms with Gasteiger partial charge in [-0.1, -0.05) is 12.8 Å². The Hall–Kier alpha value is -0.990. The first-order chi connectivity index (χ1) is 5.97. The molecular formula is C9H15N3. The van der Waals surface area contributed by atoms with E-state index < -0.39 is 0 Å². The number of imidazole rings is 1. The molecule has 1 aliphatic rings. The van der Waals surface area contributed by atoms with Crippen molar-refractivity contribution in [3.8, 4) is 0 Å². The van der Waals surface area contributed by atoms with Crippen molar-refractivity contribution in [2.75, 3.05) is 18.1 Å². The first kappa shape index (κ1) is 7.65. The Morgan fingerprint density at radius 1 is 1.00 bits per heavy atom. The van der Waals surface area contributed by atoms with Crippen molar-refractivity contribution in [1.82, 2.24) is 9.66 Å². The van der Waals surface area contributed by atoms with E-state index in [1.807, 2.05) is 18.7 Å². The molecule has 3 nitrogen and oxygen atoms in total. The molecule has 0 unspecified atom stereocenters. The SMILES string of the molecule is c1cn(N2CCCCCC2)cn1. The molecule has 0 atom stereocenters. The molecule has 1 saturated heterocycles. The van der Waals surface area contributed by atoms with Crippen LogP contribution in [0.2, 0.25) is 0 Å². The molecule has 0 bridgehead atoms. The largest absolute Gasteiger partial charge is 0.312 e. The second kappa shape index (κ2) is 3.61. The third-order valence-electron chi connectivity index (χ3n) is 2.40. The lowest BCUT2D eigenvalue weighted by Gasteiger charge is -2.22. The highest BCUT2D eigenvalue weighted by atomic mass is 15.5. The fraction of sp³-hybridized carbons (Fsp3) is 0.667. The monoisotopic (exact) mass is 165 g/mol. The van der Waals surface area contributed by atoms with Gasteiger partial charge in [-0.15, -0.1) is 0 Å². The number of nitrogens with zero attached hydrogens (tertiary/aromatic N) is 3. The highest BCUT2D eigenvalue weighted by Gasteiger charge is 2.07. The molecule has 66 valence electrons. The zero-order valence-electron chi connectivity index (χ0n) is 7.32. The summed E-state index contributed by atoms with van der Waals surface area (Å²) in [6.45, 7) is 2.35. The van der Waals surface area contributed by atoms with Crippen LogP contribution in [0.25, 0.3) is 0 Å². The standard InChI is InChI=1S/C9H15N3/c1-2-4-7-11(6-3-1)12-8-5-10-9-12/h5,8-9H,1-4,6-7H2. The van der Waals surface area contributed by atoms with Crippen LogP contribution in [-0.4, -0.2) is 22.7 Å². The summed E-state index contributed by atoms with van der Waals surface area (Å²) in [5.74, 6) is 0. The number of hydrogen-bond donors (Lipinski definition) is 0. The van der Waals surface area contributed by atoms with Gasteiger partial charge >= 0.3 is 0 Å². The Balaban J connectivity index is 2.02. The van der Waals surface area contributed by atoms with E-state index in [0.717, 1.165) is 0 Å². The first-order valence-electron chi connectivity index (χ1n) is 4.70. The molecule has 0 saturated carbocycles. The van der Waals surface area contributed by atoms with E-state index in [1.165, 1.54) is 38.8 Å². The van der Waals surface area contributed by atoms with Gasteiger partial charge in [0.05, 0.1) is 0 Å². The summed E-state index contributed by atoms with van der Waals surface area (Å²) in [5, 5.41) is 2.36. The van der Waals surface area contributed by atoms with Crippen molar-refractivity contribution in [3.63, 3.8) is 0 Å². The molecule has 0 spiro atoms. The van der Waals surface area contributed by atoms with E-state index in [4.69, 9.17) is 0 Å². The van der Waals surface area contributed by atoms with E-state index in [2.05, 4.69) is 14.7 Å². The molecule has 1 aromatic rings. The minimum atomic E-state index is 1.18. The molecule has 0 radical (unpaired) electrons. The van der Waals surface area contributed by atoms with E-state index in [9.17, 15) is 0 Å². The van der Waals surface area contributed by atoms with Crippen molar-refractivity contribution in [2.45, 2.75) is 25.7 Å². The lowest BCUT2D eigenvalue weighted by Crippen LogP contribution is -2.34. The van der Waals surface area contributed by atoms with E-state index in [1.54, 1.807) is 0 Å². The van der Waals surface area contributed by atoms with Crippen molar-refractivity contribution in [3.05, 3.63) is 18.7 Å². The van der Waals surface area contributed by atoms with Crippen LogP contribution in [0.5, 0.6) is 0 Å². The molecule has 2 rings (SSSR count). The molecule has 1 aromatic heterocycles. The Bertz CT molecular complexity index is 210. The predicted octanol–water partition coefficient (Wildman–Crippen LogP) is 1.40. The van der Waals surface area contributed by atoms with Crippen molar-refractivity contribution in [1.29, 1.82) is 0 Å². The summed E-state index contributed by atoms with van der Waals surface area (Å²) in [4.78, 5) is 4.05. The predicted molar refractivity (Wildman–Crippen MR) is 48.6 cm³/mol. The zero-order valence-corrected chi connectivity index (χ0v) is 7.32. The average Bonchev–Trinajstić information content (AvgIpc) is 2.48. The van der Waals surface area contributed by atoms with Crippen LogP contribution < -0.4 is 5.01 Å². The third kappa shape index (κ3) is 1.60. The van der Waals surface area contributed by atoms with Crippen LogP contribution in [0.3, 0.4) is 0 Å². The van der Waals surface area contributed by atoms with Crippen LogP contribution in [-0.2, 0) is 0 Å². The summed E-state index contributed by atoms with van der Waals surface area (Å²) in [6, 6.07) is 0. The maximum Gasteiger partial charge on any atom is 0.114 e. The minimum absolute atomic E-state index is 1.18. The van der Waals surface area contributed by atoms with Crippen molar-refractivity contribution in [2.24, 2.45) is 0 Å². The van der Waals surface area contributed by atoms with Crippen LogP contribution in [0.15, 0.2) is 18.7 Å². The highest BCUT2D eigenvalue weighted by molar-refractivity contribution is 4.90. The maximum atomic E-state index is 4.05. The second-order valence-corrected chi connectivity index (χ2v) is 3.31. The highest BCUT2D eigenvalue weighted by Crippen LogP contribution is 2.08. The molecule has 1 fully saturated rings. The van der Waals surface area contributed by atoms with E-state index >= 15 is 0 Å². The van der Waals surface area contributed by atoms with Gasteiger partial charge < -0.3 is 5.01 Å². The topological polar surface area (TPSA) is 21.1 Å². The quantitative estimate of drug-likeness (QED) is 0.627. The maximum absolute atomic E-state index is 4.05. The number of aromatic nitrogens is 2. The minimum Gasteiger partial charge on any atom is -0.312 e. The normalized spacial score (nSPS) is 19.2. The summed E-state index contributed by atoms with van der Waals surface area (Å²) in [7, 11) is 0. The van der Waals surface area contributed by atoms with Gasteiger partial charge in [0.25, 0.3) is 0 Å². The summed E-state index contributed by atoms with van der Waals surface area (Å²) in [5.41, 5.74) is 0. The summed E-state index contributed by atoms with van der Waals surface area (Å²) >= 11 is 0. The van der Waals surface area contributed by atoms with Gasteiger partial charge in [0.1, 0.15) is 6.33 Å². The Labute approximate surface area is 73.0 Å². The van der Waals surface area contributed by atoms with Gasteiger partial charge in [0, 0.05) is 25.5 Å². The molecule has 12 heavy (non-hydrogen) atoms. The Kier molecular flexibility index (Phi) is 2.30. The molecule has 2 heterocycles. The van der Waals surface area contributed by atoms with Crippen LogP contribution in [0.4, 0.5) is 0 Å². The summed E-state index contributed by atoms with van der Waals surface area (Å²) in [6.07, 6.45) is 11.1. The lowest BCUT2D eigenvalue weighted by atomic mass is 10.2. The summed E-state index contributed by atoms with van der Waals surface area (Å²) < 4.78 is 2.10. The third-order valence-corrected chi connectivity index (χ3v) is 2.40. The van der Waals surface area contributed by atoms with Gasteiger partial charge in [0.15, 0.2) is 0 Å². The van der Waals surface area contributed by atoms with E-state index in [-0.39, 0.29) is 0 Å². The van der Waals surface area contributed by atoms with E-state index in [0.29, 0.717) is 0 Å². The molecule has 0 aliphatic carbocycles. The fourth-order valence-corrected chi connectivity index (χ4v) is 1.70. The van der Waals surface area contributed by atoms with Gasteiger partial charge in [-0.2, -0.15) is 0 Å². The fourth-order valence-electron chi connectivity index (χ4n) is 1.70. The lowest BCUT2D eigenvalue weighted by molar-refractivity contribution is 0.589. The number of rotatable bonds is 1. The van der Waals surface area contributed by atoms with Crippen molar-refractivity contribution >= 4 is 0 Å².